The summed E-state index contributed by atoms with van der Waals surface area (Å²) in [4.78, 5) is 20.4. The van der Waals surface area contributed by atoms with Gasteiger partial charge in [0.05, 0.1) is 21.3 Å². The quantitative estimate of drug-likeness (QED) is 0.628. The fraction of sp³-hybridized carbons (Fsp3) is 0.708. The van der Waals surface area contributed by atoms with Crippen molar-refractivity contribution in [3.63, 3.8) is 0 Å². The third-order valence-corrected chi connectivity index (χ3v) is 6.91. The molecule has 1 aromatic carbocycles. The molecule has 0 bridgehead atoms. The van der Waals surface area contributed by atoms with Gasteiger partial charge in [-0.2, -0.15) is 0 Å². The summed E-state index contributed by atoms with van der Waals surface area (Å²) in [6.07, 6.45) is 4.88. The third kappa shape index (κ3) is 5.63. The number of hydrogen-bond acceptors (Lipinski definition) is 6. The first kappa shape index (κ1) is 23.7. The van der Waals surface area contributed by atoms with Crippen LogP contribution < -0.4 is 14.2 Å². The Labute approximate surface area is 187 Å². The van der Waals surface area contributed by atoms with Crippen LogP contribution in [0.5, 0.6) is 17.2 Å². The second-order valence-corrected chi connectivity index (χ2v) is 8.77. The number of amides is 1. The highest BCUT2D eigenvalue weighted by atomic mass is 16.5. The largest absolute Gasteiger partial charge is 0.493 e. The van der Waals surface area contributed by atoms with E-state index in [-0.39, 0.29) is 5.91 Å². The maximum atomic E-state index is 13.3. The second kappa shape index (κ2) is 11.0. The molecule has 31 heavy (non-hydrogen) atoms. The SMILES string of the molecule is CCN(CC1CCN(C2CCN(C)CC2)CC1)C(=O)c1cc(OC)c(OC)c(OC)c1. The van der Waals surface area contributed by atoms with Gasteiger partial charge in [0.25, 0.3) is 5.91 Å². The van der Waals surface area contributed by atoms with Crippen molar-refractivity contribution >= 4 is 5.91 Å². The van der Waals surface area contributed by atoms with Gasteiger partial charge in [-0.05, 0) is 83.9 Å². The van der Waals surface area contributed by atoms with E-state index in [1.165, 1.54) is 25.9 Å². The molecule has 0 unspecified atom stereocenters. The Bertz CT molecular complexity index is 701. The van der Waals surface area contributed by atoms with Gasteiger partial charge in [-0.3, -0.25) is 4.79 Å². The van der Waals surface area contributed by atoms with Crippen molar-refractivity contribution in [2.45, 2.75) is 38.6 Å². The van der Waals surface area contributed by atoms with E-state index in [0.717, 1.165) is 38.5 Å². The van der Waals surface area contributed by atoms with E-state index in [1.54, 1.807) is 33.5 Å². The highest BCUT2D eigenvalue weighted by Gasteiger charge is 2.29. The summed E-state index contributed by atoms with van der Waals surface area (Å²) in [5, 5.41) is 0. The predicted octanol–water partition coefficient (Wildman–Crippen LogP) is 2.98. The number of nitrogens with zero attached hydrogens (tertiary/aromatic N) is 3. The zero-order valence-corrected chi connectivity index (χ0v) is 19.9. The van der Waals surface area contributed by atoms with Crippen LogP contribution in [0, 0.1) is 5.92 Å². The Morgan fingerprint density at radius 1 is 0.968 bits per heavy atom. The molecule has 2 fully saturated rings. The lowest BCUT2D eigenvalue weighted by Gasteiger charge is -2.41. The standard InChI is InChI=1S/C24H39N3O4/c1-6-26(24(28)19-15-21(29-3)23(31-5)22(16-19)30-4)17-18-7-13-27(14-8-18)20-9-11-25(2)12-10-20/h15-16,18,20H,6-14,17H2,1-5H3. The molecule has 2 saturated heterocycles. The molecule has 2 aliphatic rings. The molecular weight excluding hydrogens is 394 g/mol. The summed E-state index contributed by atoms with van der Waals surface area (Å²) in [7, 11) is 6.92. The molecule has 3 rings (SSSR count). The number of benzene rings is 1. The molecule has 0 aliphatic carbocycles. The normalized spacial score (nSPS) is 19.3. The molecule has 0 aromatic heterocycles. The number of carbonyl (C=O) groups excluding carboxylic acids is 1. The summed E-state index contributed by atoms with van der Waals surface area (Å²) in [6, 6.07) is 4.23. The van der Waals surface area contributed by atoms with E-state index >= 15 is 0 Å². The summed E-state index contributed by atoms with van der Waals surface area (Å²) < 4.78 is 16.2. The minimum Gasteiger partial charge on any atom is -0.493 e. The van der Waals surface area contributed by atoms with Crippen molar-refractivity contribution in [3.8, 4) is 17.2 Å². The van der Waals surface area contributed by atoms with E-state index < -0.39 is 0 Å². The summed E-state index contributed by atoms with van der Waals surface area (Å²) in [5.41, 5.74) is 0.570. The molecule has 0 N–H and O–H groups in total. The van der Waals surface area contributed by atoms with Gasteiger partial charge in [0.15, 0.2) is 11.5 Å². The zero-order chi connectivity index (χ0) is 22.4. The van der Waals surface area contributed by atoms with Gasteiger partial charge >= 0.3 is 0 Å². The first-order valence-electron chi connectivity index (χ1n) is 11.5. The molecule has 2 aliphatic heterocycles. The average Bonchev–Trinajstić information content (AvgIpc) is 2.82. The van der Waals surface area contributed by atoms with E-state index in [1.807, 2.05) is 11.8 Å². The third-order valence-electron chi connectivity index (χ3n) is 6.91. The molecular formula is C24H39N3O4. The van der Waals surface area contributed by atoms with Gasteiger partial charge in [0.2, 0.25) is 5.75 Å². The highest BCUT2D eigenvalue weighted by molar-refractivity contribution is 5.95. The van der Waals surface area contributed by atoms with E-state index in [9.17, 15) is 4.79 Å². The topological polar surface area (TPSA) is 54.5 Å². The van der Waals surface area contributed by atoms with Crippen LogP contribution in [-0.4, -0.2) is 94.3 Å². The summed E-state index contributed by atoms with van der Waals surface area (Å²) in [5.74, 6) is 2.08. The number of methoxy groups -OCH3 is 3. The van der Waals surface area contributed by atoms with Gasteiger partial charge in [0.1, 0.15) is 0 Å². The van der Waals surface area contributed by atoms with Crippen molar-refractivity contribution < 1.29 is 19.0 Å². The number of ether oxygens (including phenoxy) is 3. The first-order chi connectivity index (χ1) is 15.0. The van der Waals surface area contributed by atoms with Gasteiger partial charge in [-0.15, -0.1) is 0 Å². The zero-order valence-electron chi connectivity index (χ0n) is 19.9. The van der Waals surface area contributed by atoms with Crippen LogP contribution >= 0.6 is 0 Å². The van der Waals surface area contributed by atoms with Crippen molar-refractivity contribution in [1.82, 2.24) is 14.7 Å². The maximum absolute atomic E-state index is 13.3. The summed E-state index contributed by atoms with van der Waals surface area (Å²) >= 11 is 0. The lowest BCUT2D eigenvalue weighted by atomic mass is 9.93. The van der Waals surface area contributed by atoms with E-state index in [4.69, 9.17) is 14.2 Å². The average molecular weight is 434 g/mol. The van der Waals surface area contributed by atoms with Crippen molar-refractivity contribution in [1.29, 1.82) is 0 Å². The molecule has 0 atom stereocenters. The molecule has 0 radical (unpaired) electrons. The number of rotatable bonds is 8. The summed E-state index contributed by atoms with van der Waals surface area (Å²) in [6.45, 7) is 8.24. The lowest BCUT2D eigenvalue weighted by Crippen LogP contribution is -2.48. The highest BCUT2D eigenvalue weighted by Crippen LogP contribution is 2.38. The number of likely N-dealkylation sites (tertiary alicyclic amines) is 2. The molecule has 1 amide bonds. The van der Waals surface area contributed by atoms with Gasteiger partial charge < -0.3 is 28.9 Å². The monoisotopic (exact) mass is 433 g/mol. The van der Waals surface area contributed by atoms with Gasteiger partial charge in [-0.25, -0.2) is 0 Å². The Morgan fingerprint density at radius 3 is 2.03 bits per heavy atom. The molecule has 7 heteroatoms. The molecule has 7 nitrogen and oxygen atoms in total. The molecule has 1 aromatic rings. The van der Waals surface area contributed by atoms with Crippen molar-refractivity contribution in [2.75, 3.05) is 67.6 Å². The lowest BCUT2D eigenvalue weighted by molar-refractivity contribution is 0.0610. The minimum atomic E-state index is 0.0134. The van der Waals surface area contributed by atoms with E-state index in [2.05, 4.69) is 16.8 Å². The fourth-order valence-electron chi connectivity index (χ4n) is 4.92. The van der Waals surface area contributed by atoms with Crippen molar-refractivity contribution in [3.05, 3.63) is 17.7 Å². The van der Waals surface area contributed by atoms with Crippen LogP contribution in [0.4, 0.5) is 0 Å². The van der Waals surface area contributed by atoms with Gasteiger partial charge in [0, 0.05) is 24.7 Å². The number of piperidine rings is 2. The maximum Gasteiger partial charge on any atom is 0.254 e. The molecule has 174 valence electrons. The Balaban J connectivity index is 1.61. The van der Waals surface area contributed by atoms with Crippen LogP contribution in [-0.2, 0) is 0 Å². The van der Waals surface area contributed by atoms with Crippen LogP contribution in [0.3, 0.4) is 0 Å². The van der Waals surface area contributed by atoms with Crippen LogP contribution in [0.2, 0.25) is 0 Å². The predicted molar refractivity (Wildman–Crippen MR) is 122 cm³/mol. The Kier molecular flexibility index (Phi) is 8.43. The minimum absolute atomic E-state index is 0.0134. The molecule has 2 heterocycles. The van der Waals surface area contributed by atoms with Crippen molar-refractivity contribution in [2.24, 2.45) is 5.92 Å². The first-order valence-corrected chi connectivity index (χ1v) is 11.5. The van der Waals surface area contributed by atoms with Crippen LogP contribution in [0.25, 0.3) is 0 Å². The number of carbonyl (C=O) groups is 1. The van der Waals surface area contributed by atoms with Crippen LogP contribution in [0.1, 0.15) is 43.0 Å². The number of hydrogen-bond donors (Lipinski definition) is 0. The van der Waals surface area contributed by atoms with Gasteiger partial charge in [-0.1, -0.05) is 0 Å². The second-order valence-electron chi connectivity index (χ2n) is 8.77. The Morgan fingerprint density at radius 2 is 1.55 bits per heavy atom. The smallest absolute Gasteiger partial charge is 0.254 e. The van der Waals surface area contributed by atoms with Crippen LogP contribution in [0.15, 0.2) is 12.1 Å². The Hall–Kier alpha value is -1.99. The fourth-order valence-corrected chi connectivity index (χ4v) is 4.92. The molecule has 0 spiro atoms. The molecule has 0 saturated carbocycles. The van der Waals surface area contributed by atoms with E-state index in [0.29, 0.717) is 35.3 Å².